The zero-order valence-corrected chi connectivity index (χ0v) is 21.2. The number of nitriles is 1. The first kappa shape index (κ1) is 26.6. The maximum Gasteiger partial charge on any atom is 0.178 e. The molecule has 2 aliphatic rings. The van der Waals surface area contributed by atoms with Crippen LogP contribution in [0.2, 0.25) is 5.02 Å². The van der Waals surface area contributed by atoms with E-state index in [9.17, 15) is 24.3 Å². The molecule has 1 aliphatic carbocycles. The van der Waals surface area contributed by atoms with Crippen molar-refractivity contribution in [2.75, 3.05) is 13.7 Å². The molecule has 0 amide bonds. The summed E-state index contributed by atoms with van der Waals surface area (Å²) >= 11 is 5.65. The fourth-order valence-corrected chi connectivity index (χ4v) is 5.58. The van der Waals surface area contributed by atoms with Crippen LogP contribution in [0.15, 0.2) is 28.9 Å². The van der Waals surface area contributed by atoms with Crippen LogP contribution in [-0.4, -0.2) is 68.5 Å². The van der Waals surface area contributed by atoms with Gasteiger partial charge in [0.15, 0.2) is 11.6 Å². The summed E-state index contributed by atoms with van der Waals surface area (Å²) in [5.74, 6) is -1.93. The fourth-order valence-electron chi connectivity index (χ4n) is 5.44. The second-order valence-corrected chi connectivity index (χ2v) is 10.1. The molecule has 1 aliphatic heterocycles. The summed E-state index contributed by atoms with van der Waals surface area (Å²) in [5, 5.41) is 42.5. The average Bonchev–Trinajstić information content (AvgIpc) is 3.69. The smallest absolute Gasteiger partial charge is 0.178 e. The minimum absolute atomic E-state index is 0.0157. The Labute approximate surface area is 221 Å². The van der Waals surface area contributed by atoms with Crippen molar-refractivity contribution >= 4 is 11.6 Å². The molecule has 202 valence electrons. The van der Waals surface area contributed by atoms with Gasteiger partial charge in [-0.15, -0.1) is 5.10 Å². The summed E-state index contributed by atoms with van der Waals surface area (Å²) in [6, 6.07) is 5.71. The molecule has 2 aromatic heterocycles. The molecule has 5 rings (SSSR count). The highest BCUT2D eigenvalue weighted by Crippen LogP contribution is 2.41. The third-order valence-electron chi connectivity index (χ3n) is 7.49. The Balaban J connectivity index is 1.43. The lowest BCUT2D eigenvalue weighted by Gasteiger charge is -2.43. The SMILES string of the molecule is CO[C@@H]1[C@@H](n2cc(-c3ccc(Cl)c(F)c3F)nn2)[C@@H](O)[C@@H](CO)O[C@@H]1Cc1cc(C2(C#N)CCCC2)no1. The molecule has 1 aromatic carbocycles. The predicted octanol–water partition coefficient (Wildman–Crippen LogP) is 3.12. The number of hydrogen-bond acceptors (Lipinski definition) is 9. The summed E-state index contributed by atoms with van der Waals surface area (Å²) in [7, 11) is 1.43. The zero-order valence-electron chi connectivity index (χ0n) is 20.4. The standard InChI is InChI=1S/C25H26ClF2N5O5/c1-36-24-17(8-13-9-19(31-38-13)25(12-29)6-2-3-7-25)37-18(11-34)23(35)22(24)33-10-16(30-32-33)14-4-5-15(26)21(28)20(14)27/h4-5,9-10,17-18,22-24,34-35H,2-3,6-8,11H2,1H3/t17-,18-,22+,23+,24+/m1/s1. The highest BCUT2D eigenvalue weighted by Gasteiger charge is 2.48. The number of benzene rings is 1. The van der Waals surface area contributed by atoms with Crippen molar-refractivity contribution in [1.82, 2.24) is 20.2 Å². The van der Waals surface area contributed by atoms with Crippen LogP contribution in [-0.2, 0) is 21.3 Å². The van der Waals surface area contributed by atoms with Crippen molar-refractivity contribution in [3.63, 3.8) is 0 Å². The van der Waals surface area contributed by atoms with E-state index in [2.05, 4.69) is 21.5 Å². The second kappa shape index (κ2) is 10.7. The molecule has 5 atom stereocenters. The highest BCUT2D eigenvalue weighted by molar-refractivity contribution is 6.30. The van der Waals surface area contributed by atoms with Gasteiger partial charge < -0.3 is 24.2 Å². The van der Waals surface area contributed by atoms with Gasteiger partial charge in [0.05, 0.1) is 30.0 Å². The van der Waals surface area contributed by atoms with E-state index in [0.717, 1.165) is 12.8 Å². The van der Waals surface area contributed by atoms with Crippen LogP contribution in [0, 0.1) is 23.0 Å². The third-order valence-corrected chi connectivity index (χ3v) is 7.78. The van der Waals surface area contributed by atoms with Crippen molar-refractivity contribution < 1.29 is 33.0 Å². The van der Waals surface area contributed by atoms with Gasteiger partial charge in [-0.05, 0) is 25.0 Å². The second-order valence-electron chi connectivity index (χ2n) is 9.67. The van der Waals surface area contributed by atoms with Crippen LogP contribution < -0.4 is 0 Å². The van der Waals surface area contributed by atoms with Crippen LogP contribution >= 0.6 is 11.6 Å². The summed E-state index contributed by atoms with van der Waals surface area (Å²) in [5.41, 5.74) is -0.237. The Morgan fingerprint density at radius 1 is 1.26 bits per heavy atom. The number of nitrogens with zero attached hydrogens (tertiary/aromatic N) is 5. The van der Waals surface area contributed by atoms with Gasteiger partial charge in [-0.25, -0.2) is 13.5 Å². The monoisotopic (exact) mass is 549 g/mol. The maximum atomic E-state index is 14.5. The Bertz CT molecular complexity index is 1340. The van der Waals surface area contributed by atoms with E-state index in [-0.39, 0.29) is 22.7 Å². The van der Waals surface area contributed by atoms with E-state index < -0.39 is 54.1 Å². The molecule has 0 radical (unpaired) electrons. The average molecular weight is 550 g/mol. The molecule has 1 saturated heterocycles. The minimum Gasteiger partial charge on any atom is -0.394 e. The van der Waals surface area contributed by atoms with Gasteiger partial charge in [0, 0.05) is 25.2 Å². The normalized spacial score (nSPS) is 26.9. The van der Waals surface area contributed by atoms with Crippen molar-refractivity contribution in [2.45, 2.75) is 68.0 Å². The van der Waals surface area contributed by atoms with Crippen molar-refractivity contribution in [2.24, 2.45) is 0 Å². The molecule has 13 heteroatoms. The van der Waals surface area contributed by atoms with Gasteiger partial charge in [-0.3, -0.25) is 0 Å². The van der Waals surface area contributed by atoms with Crippen LogP contribution in [0.25, 0.3) is 11.3 Å². The molecule has 0 unspecified atom stereocenters. The quantitative estimate of drug-likeness (QED) is 0.425. The Morgan fingerprint density at radius 2 is 2.03 bits per heavy atom. The van der Waals surface area contributed by atoms with Gasteiger partial charge in [-0.2, -0.15) is 5.26 Å². The largest absolute Gasteiger partial charge is 0.394 e. The number of aromatic nitrogens is 4. The first-order valence-electron chi connectivity index (χ1n) is 12.2. The zero-order chi connectivity index (χ0) is 27.0. The van der Waals surface area contributed by atoms with Gasteiger partial charge in [-0.1, -0.05) is 34.8 Å². The molecular formula is C25H26ClF2N5O5. The summed E-state index contributed by atoms with van der Waals surface area (Å²) in [6.07, 6.45) is 1.04. The number of halogens is 3. The van der Waals surface area contributed by atoms with E-state index in [0.29, 0.717) is 24.3 Å². The van der Waals surface area contributed by atoms with E-state index in [1.54, 1.807) is 6.07 Å². The van der Waals surface area contributed by atoms with Crippen molar-refractivity contribution in [1.29, 1.82) is 5.26 Å². The number of rotatable bonds is 7. The summed E-state index contributed by atoms with van der Waals surface area (Å²) < 4.78 is 47.0. The van der Waals surface area contributed by atoms with E-state index in [4.69, 9.17) is 25.6 Å². The van der Waals surface area contributed by atoms with Gasteiger partial charge in [0.2, 0.25) is 0 Å². The lowest BCUT2D eigenvalue weighted by atomic mass is 9.84. The lowest BCUT2D eigenvalue weighted by Crippen LogP contribution is -2.57. The van der Waals surface area contributed by atoms with Crippen molar-refractivity contribution in [3.05, 3.63) is 52.5 Å². The maximum absolute atomic E-state index is 14.5. The molecule has 3 aromatic rings. The molecule has 3 heterocycles. The topological polar surface area (TPSA) is 139 Å². The predicted molar refractivity (Wildman–Crippen MR) is 128 cm³/mol. The fraction of sp³-hybridized carbons (Fsp3) is 0.520. The number of ether oxygens (including phenoxy) is 2. The number of methoxy groups -OCH3 is 1. The molecule has 0 bridgehead atoms. The third kappa shape index (κ3) is 4.58. The van der Waals surface area contributed by atoms with E-state index in [1.165, 1.54) is 30.1 Å². The molecule has 1 saturated carbocycles. The Kier molecular flexibility index (Phi) is 7.48. The Morgan fingerprint density at radius 3 is 2.71 bits per heavy atom. The van der Waals surface area contributed by atoms with E-state index >= 15 is 0 Å². The van der Waals surface area contributed by atoms with Gasteiger partial charge >= 0.3 is 0 Å². The minimum atomic E-state index is -1.27. The van der Waals surface area contributed by atoms with Gasteiger partial charge in [0.25, 0.3) is 0 Å². The first-order chi connectivity index (χ1) is 18.3. The number of aliphatic hydroxyl groups excluding tert-OH is 2. The van der Waals surface area contributed by atoms with Crippen LogP contribution in [0.1, 0.15) is 43.2 Å². The molecule has 2 fully saturated rings. The summed E-state index contributed by atoms with van der Waals surface area (Å²) in [4.78, 5) is 0. The lowest BCUT2D eigenvalue weighted by molar-refractivity contribution is -0.212. The molecule has 2 N–H and O–H groups in total. The number of hydrogen-bond donors (Lipinski definition) is 2. The Hall–Kier alpha value is -2.95. The van der Waals surface area contributed by atoms with Crippen LogP contribution in [0.5, 0.6) is 0 Å². The molecule has 0 spiro atoms. The highest BCUT2D eigenvalue weighted by atomic mass is 35.5. The van der Waals surface area contributed by atoms with Gasteiger partial charge in [0.1, 0.15) is 46.9 Å². The molecule has 38 heavy (non-hydrogen) atoms. The first-order valence-corrected chi connectivity index (χ1v) is 12.6. The molecule has 10 nitrogen and oxygen atoms in total. The summed E-state index contributed by atoms with van der Waals surface area (Å²) in [6.45, 7) is -0.498. The van der Waals surface area contributed by atoms with Crippen LogP contribution in [0.3, 0.4) is 0 Å². The van der Waals surface area contributed by atoms with E-state index in [1.807, 2.05) is 0 Å². The van der Waals surface area contributed by atoms with Crippen molar-refractivity contribution in [3.8, 4) is 17.3 Å². The molecular weight excluding hydrogens is 524 g/mol. The number of aliphatic hydroxyl groups is 2. The van der Waals surface area contributed by atoms with Crippen LogP contribution in [0.4, 0.5) is 8.78 Å².